The van der Waals surface area contributed by atoms with Crippen LogP contribution in [0.25, 0.3) is 0 Å². The third-order valence-electron chi connectivity index (χ3n) is 3.86. The molecular weight excluding hydrogens is 281 g/mol. The first-order chi connectivity index (χ1) is 9.95. The number of halogens is 3. The Morgan fingerprint density at radius 1 is 1.29 bits per heavy atom. The second-order valence-corrected chi connectivity index (χ2v) is 5.29. The van der Waals surface area contributed by atoms with E-state index in [-0.39, 0.29) is 11.9 Å². The molecule has 0 saturated carbocycles. The summed E-state index contributed by atoms with van der Waals surface area (Å²) in [6, 6.07) is 1.84. The molecule has 0 amide bonds. The Bertz CT molecular complexity index is 476. The normalized spacial score (nSPS) is 20.2. The van der Waals surface area contributed by atoms with E-state index < -0.39 is 12.0 Å². The van der Waals surface area contributed by atoms with Gasteiger partial charge in [-0.2, -0.15) is 13.2 Å². The molecule has 4 nitrogen and oxygen atoms in total. The van der Waals surface area contributed by atoms with Gasteiger partial charge in [-0.3, -0.25) is 0 Å². The van der Waals surface area contributed by atoms with Gasteiger partial charge in [0.15, 0.2) is 0 Å². The largest absolute Gasteiger partial charge is 0.451 e. The van der Waals surface area contributed by atoms with Crippen molar-refractivity contribution in [3.63, 3.8) is 0 Å². The minimum atomic E-state index is -4.53. The van der Waals surface area contributed by atoms with E-state index >= 15 is 0 Å². The van der Waals surface area contributed by atoms with Crippen LogP contribution in [0.1, 0.15) is 44.9 Å². The van der Waals surface area contributed by atoms with E-state index in [1.165, 1.54) is 0 Å². The van der Waals surface area contributed by atoms with E-state index in [0.29, 0.717) is 5.82 Å². The minimum Gasteiger partial charge on any atom is -0.373 e. The fourth-order valence-corrected chi connectivity index (χ4v) is 2.74. The van der Waals surface area contributed by atoms with Crippen molar-refractivity contribution >= 4 is 11.6 Å². The van der Waals surface area contributed by atoms with Gasteiger partial charge >= 0.3 is 6.18 Å². The molecule has 118 valence electrons. The fourth-order valence-electron chi connectivity index (χ4n) is 2.74. The highest BCUT2D eigenvalue weighted by molar-refractivity contribution is 5.50. The van der Waals surface area contributed by atoms with Crippen molar-refractivity contribution in [1.82, 2.24) is 9.97 Å². The Morgan fingerprint density at radius 3 is 2.67 bits per heavy atom. The van der Waals surface area contributed by atoms with Crippen molar-refractivity contribution in [1.29, 1.82) is 0 Å². The van der Waals surface area contributed by atoms with Gasteiger partial charge in [0.1, 0.15) is 11.6 Å². The van der Waals surface area contributed by atoms with Crippen LogP contribution in [0, 0.1) is 0 Å². The van der Waals surface area contributed by atoms with Crippen LogP contribution in [0.3, 0.4) is 0 Å². The molecule has 0 spiro atoms. The zero-order chi connectivity index (χ0) is 15.5. The summed E-state index contributed by atoms with van der Waals surface area (Å²) < 4.78 is 38.8. The number of nitrogens with zero attached hydrogens (tertiary/aromatic N) is 3. The van der Waals surface area contributed by atoms with E-state index in [1.54, 1.807) is 13.1 Å². The lowest BCUT2D eigenvalue weighted by Gasteiger charge is -2.31. The molecule has 1 saturated heterocycles. The third-order valence-corrected chi connectivity index (χ3v) is 3.86. The molecule has 1 unspecified atom stereocenters. The van der Waals surface area contributed by atoms with Gasteiger partial charge in [-0.1, -0.05) is 19.8 Å². The van der Waals surface area contributed by atoms with Crippen LogP contribution in [0.15, 0.2) is 6.07 Å². The lowest BCUT2D eigenvalue weighted by atomic mass is 10.1. The lowest BCUT2D eigenvalue weighted by Crippen LogP contribution is -2.35. The average molecular weight is 302 g/mol. The number of anilines is 2. The average Bonchev–Trinajstić information content (AvgIpc) is 2.70. The molecule has 2 rings (SSSR count). The molecule has 0 aromatic carbocycles. The van der Waals surface area contributed by atoms with Crippen LogP contribution in [0.5, 0.6) is 0 Å². The Morgan fingerprint density at radius 2 is 2.05 bits per heavy atom. The van der Waals surface area contributed by atoms with Crippen LogP contribution in [0.2, 0.25) is 0 Å². The first kappa shape index (κ1) is 15.9. The Hall–Kier alpha value is -1.53. The highest BCUT2D eigenvalue weighted by Crippen LogP contribution is 2.31. The summed E-state index contributed by atoms with van der Waals surface area (Å²) >= 11 is 0. The topological polar surface area (TPSA) is 41.0 Å². The molecule has 0 aliphatic carbocycles. The van der Waals surface area contributed by atoms with Crippen LogP contribution in [0.4, 0.5) is 24.8 Å². The zero-order valence-electron chi connectivity index (χ0n) is 12.4. The zero-order valence-corrected chi connectivity index (χ0v) is 12.4. The Kier molecular flexibility index (Phi) is 4.90. The van der Waals surface area contributed by atoms with E-state index in [4.69, 9.17) is 0 Å². The summed E-state index contributed by atoms with van der Waals surface area (Å²) in [7, 11) is 1.56. The molecule has 1 N–H and O–H groups in total. The van der Waals surface area contributed by atoms with Gasteiger partial charge in [-0.25, -0.2) is 9.97 Å². The molecule has 1 aromatic heterocycles. The Balaban J connectivity index is 2.40. The van der Waals surface area contributed by atoms with Gasteiger partial charge in [0, 0.05) is 25.7 Å². The SMILES string of the molecule is CCC1CCCCCN1c1cc(NC)nc(C(F)(F)F)n1. The second-order valence-electron chi connectivity index (χ2n) is 5.29. The maximum absolute atomic E-state index is 12.9. The quantitative estimate of drug-likeness (QED) is 0.924. The van der Waals surface area contributed by atoms with Crippen molar-refractivity contribution in [2.75, 3.05) is 23.8 Å². The standard InChI is InChI=1S/C14H21F3N4/c1-3-10-7-5-4-6-8-21(10)12-9-11(18-2)19-13(20-12)14(15,16)17/h9-10H,3-8H2,1-2H3,(H,18,19,20). The number of hydrogen-bond acceptors (Lipinski definition) is 4. The highest BCUT2D eigenvalue weighted by Gasteiger charge is 2.36. The number of hydrogen-bond donors (Lipinski definition) is 1. The molecule has 1 aromatic rings. The van der Waals surface area contributed by atoms with Crippen molar-refractivity contribution in [2.24, 2.45) is 0 Å². The molecule has 21 heavy (non-hydrogen) atoms. The summed E-state index contributed by atoms with van der Waals surface area (Å²) in [6.07, 6.45) is 0.580. The smallest absolute Gasteiger partial charge is 0.373 e. The maximum Gasteiger partial charge on any atom is 0.451 e. The molecule has 1 aliphatic rings. The number of rotatable bonds is 3. The number of nitrogens with one attached hydrogen (secondary N) is 1. The summed E-state index contributed by atoms with van der Waals surface area (Å²) in [5.41, 5.74) is 0. The maximum atomic E-state index is 12.9. The first-order valence-corrected chi connectivity index (χ1v) is 7.36. The molecule has 1 fully saturated rings. The van der Waals surface area contributed by atoms with E-state index in [9.17, 15) is 13.2 Å². The van der Waals surface area contributed by atoms with E-state index in [2.05, 4.69) is 22.2 Å². The van der Waals surface area contributed by atoms with Gasteiger partial charge in [0.2, 0.25) is 5.82 Å². The molecule has 7 heteroatoms. The van der Waals surface area contributed by atoms with Crippen LogP contribution < -0.4 is 10.2 Å². The van der Waals surface area contributed by atoms with Crippen LogP contribution >= 0.6 is 0 Å². The van der Waals surface area contributed by atoms with E-state index in [0.717, 1.165) is 38.6 Å². The molecule has 0 radical (unpaired) electrons. The number of aromatic nitrogens is 2. The lowest BCUT2D eigenvalue weighted by molar-refractivity contribution is -0.144. The van der Waals surface area contributed by atoms with Crippen LogP contribution in [-0.2, 0) is 6.18 Å². The summed E-state index contributed by atoms with van der Waals surface area (Å²) in [5.74, 6) is -0.509. The molecular formula is C14H21F3N4. The van der Waals surface area contributed by atoms with Crippen molar-refractivity contribution in [2.45, 2.75) is 51.2 Å². The molecule has 1 atom stereocenters. The monoisotopic (exact) mass is 302 g/mol. The molecule has 0 bridgehead atoms. The summed E-state index contributed by atoms with van der Waals surface area (Å²) in [4.78, 5) is 9.29. The summed E-state index contributed by atoms with van der Waals surface area (Å²) in [5, 5.41) is 2.69. The van der Waals surface area contributed by atoms with Crippen molar-refractivity contribution < 1.29 is 13.2 Å². The first-order valence-electron chi connectivity index (χ1n) is 7.36. The third kappa shape index (κ3) is 3.77. The number of alkyl halides is 3. The predicted molar refractivity (Wildman–Crippen MR) is 76.5 cm³/mol. The van der Waals surface area contributed by atoms with Gasteiger partial charge in [-0.15, -0.1) is 0 Å². The van der Waals surface area contributed by atoms with Gasteiger partial charge in [-0.05, 0) is 19.3 Å². The highest BCUT2D eigenvalue weighted by atomic mass is 19.4. The molecule has 2 heterocycles. The van der Waals surface area contributed by atoms with Gasteiger partial charge < -0.3 is 10.2 Å². The van der Waals surface area contributed by atoms with Gasteiger partial charge in [0.05, 0.1) is 0 Å². The van der Waals surface area contributed by atoms with Crippen molar-refractivity contribution in [3.8, 4) is 0 Å². The van der Waals surface area contributed by atoms with E-state index in [1.807, 2.05) is 4.90 Å². The van der Waals surface area contributed by atoms with Gasteiger partial charge in [0.25, 0.3) is 0 Å². The molecule has 1 aliphatic heterocycles. The predicted octanol–water partition coefficient (Wildman–Crippen LogP) is 3.70. The van der Waals surface area contributed by atoms with Crippen LogP contribution in [-0.4, -0.2) is 29.6 Å². The fraction of sp³-hybridized carbons (Fsp3) is 0.714. The Labute approximate surface area is 122 Å². The second kappa shape index (κ2) is 6.49. The summed E-state index contributed by atoms with van der Waals surface area (Å²) in [6.45, 7) is 2.81. The van der Waals surface area contributed by atoms with Crippen molar-refractivity contribution in [3.05, 3.63) is 11.9 Å². The minimum absolute atomic E-state index is 0.200.